The average molecular weight is 346 g/mol. The lowest BCUT2D eigenvalue weighted by atomic mass is 10.1. The molecule has 2 aromatic carbocycles. The Balaban J connectivity index is 1.73. The van der Waals surface area contributed by atoms with Crippen molar-refractivity contribution in [2.24, 2.45) is 0 Å². The van der Waals surface area contributed by atoms with Gasteiger partial charge in [0.05, 0.1) is 16.4 Å². The highest BCUT2D eigenvalue weighted by molar-refractivity contribution is 7.92. The molecule has 7 heteroatoms. The molecule has 24 heavy (non-hydrogen) atoms. The van der Waals surface area contributed by atoms with Gasteiger partial charge in [0.15, 0.2) is 0 Å². The second-order valence-electron chi connectivity index (χ2n) is 5.80. The van der Waals surface area contributed by atoms with Crippen molar-refractivity contribution in [2.75, 3.05) is 16.6 Å². The van der Waals surface area contributed by atoms with Crippen LogP contribution in [0.5, 0.6) is 0 Å². The number of nitro benzene ring substituents is 1. The number of benzene rings is 2. The maximum Gasteiger partial charge on any atom is 0.271 e. The van der Waals surface area contributed by atoms with E-state index >= 15 is 0 Å². The van der Waals surface area contributed by atoms with E-state index in [0.29, 0.717) is 31.5 Å². The van der Waals surface area contributed by atoms with Crippen molar-refractivity contribution in [3.05, 3.63) is 69.8 Å². The van der Waals surface area contributed by atoms with Crippen LogP contribution in [-0.4, -0.2) is 25.6 Å². The Morgan fingerprint density at radius 2 is 1.88 bits per heavy atom. The van der Waals surface area contributed by atoms with Crippen LogP contribution in [0.4, 0.5) is 11.4 Å². The number of non-ortho nitro benzene ring substituents is 1. The number of fused-ring (bicyclic) bond motifs is 1. The monoisotopic (exact) mass is 346 g/mol. The molecule has 0 aromatic heterocycles. The van der Waals surface area contributed by atoms with Gasteiger partial charge in [-0.25, -0.2) is 8.42 Å². The van der Waals surface area contributed by atoms with Crippen molar-refractivity contribution in [3.8, 4) is 0 Å². The third-order valence-corrected chi connectivity index (χ3v) is 6.03. The smallest absolute Gasteiger partial charge is 0.269 e. The first-order chi connectivity index (χ1) is 11.5. The Labute approximate surface area is 140 Å². The van der Waals surface area contributed by atoms with Crippen LogP contribution in [0.25, 0.3) is 0 Å². The zero-order valence-corrected chi connectivity index (χ0v) is 13.9. The first-order valence-electron chi connectivity index (χ1n) is 7.79. The van der Waals surface area contributed by atoms with Crippen LogP contribution in [0.15, 0.2) is 48.5 Å². The second-order valence-corrected chi connectivity index (χ2v) is 7.81. The number of rotatable bonds is 6. The molecular weight excluding hydrogens is 328 g/mol. The fourth-order valence-electron chi connectivity index (χ4n) is 2.95. The van der Waals surface area contributed by atoms with E-state index in [-0.39, 0.29) is 11.4 Å². The van der Waals surface area contributed by atoms with E-state index in [0.717, 1.165) is 11.1 Å². The number of hydrogen-bond acceptors (Lipinski definition) is 4. The minimum atomic E-state index is -3.48. The highest BCUT2D eigenvalue weighted by atomic mass is 32.2. The topological polar surface area (TPSA) is 80.5 Å². The van der Waals surface area contributed by atoms with Gasteiger partial charge in [0.25, 0.3) is 5.69 Å². The first-order valence-corrected chi connectivity index (χ1v) is 9.40. The molecule has 0 spiro atoms. The molecule has 3 rings (SSSR count). The van der Waals surface area contributed by atoms with Crippen molar-refractivity contribution in [2.45, 2.75) is 19.3 Å². The predicted octanol–water partition coefficient (Wildman–Crippen LogP) is 2.92. The fraction of sp³-hybridized carbons (Fsp3) is 0.294. The Morgan fingerprint density at radius 1 is 1.12 bits per heavy atom. The summed E-state index contributed by atoms with van der Waals surface area (Å²) >= 11 is 0. The Bertz CT molecular complexity index is 850. The van der Waals surface area contributed by atoms with Gasteiger partial charge in [0.1, 0.15) is 0 Å². The molecule has 0 aliphatic carbocycles. The standard InChI is InChI=1S/C17H18N2O4S/c20-19(21)16-9-8-15-10-11-18(17(15)13-16)24(22,23)12-4-7-14-5-2-1-3-6-14/h1-3,5-6,8-9,13H,4,7,10-12H2. The third-order valence-electron chi connectivity index (χ3n) is 4.18. The molecule has 0 radical (unpaired) electrons. The van der Waals surface area contributed by atoms with Crippen molar-refractivity contribution in [1.82, 2.24) is 0 Å². The summed E-state index contributed by atoms with van der Waals surface area (Å²) in [4.78, 5) is 10.4. The maximum absolute atomic E-state index is 12.6. The number of aryl methyl sites for hydroxylation is 1. The lowest BCUT2D eigenvalue weighted by Gasteiger charge is -2.19. The molecule has 0 N–H and O–H groups in total. The molecule has 1 aliphatic rings. The highest BCUT2D eigenvalue weighted by Crippen LogP contribution is 2.33. The molecule has 126 valence electrons. The van der Waals surface area contributed by atoms with E-state index in [2.05, 4.69) is 0 Å². The lowest BCUT2D eigenvalue weighted by molar-refractivity contribution is -0.384. The molecule has 2 aromatic rings. The zero-order valence-electron chi connectivity index (χ0n) is 13.1. The number of hydrogen-bond donors (Lipinski definition) is 0. The third kappa shape index (κ3) is 3.41. The quantitative estimate of drug-likeness (QED) is 0.595. The molecule has 6 nitrogen and oxygen atoms in total. The molecule has 0 fully saturated rings. The summed E-state index contributed by atoms with van der Waals surface area (Å²) in [6.45, 7) is 0.351. The maximum atomic E-state index is 12.6. The normalized spacial score (nSPS) is 13.8. The van der Waals surface area contributed by atoms with Crippen LogP contribution in [-0.2, 0) is 22.9 Å². The largest absolute Gasteiger partial charge is 0.271 e. The summed E-state index contributed by atoms with van der Waals surface area (Å²) in [5, 5.41) is 10.9. The van der Waals surface area contributed by atoms with E-state index in [1.165, 1.54) is 16.4 Å². The van der Waals surface area contributed by atoms with Gasteiger partial charge in [-0.05, 0) is 30.4 Å². The van der Waals surface area contributed by atoms with Crippen molar-refractivity contribution in [3.63, 3.8) is 0 Å². The Morgan fingerprint density at radius 3 is 2.58 bits per heavy atom. The van der Waals surface area contributed by atoms with Gasteiger partial charge < -0.3 is 0 Å². The highest BCUT2D eigenvalue weighted by Gasteiger charge is 2.30. The number of anilines is 1. The van der Waals surface area contributed by atoms with Crippen LogP contribution >= 0.6 is 0 Å². The summed E-state index contributed by atoms with van der Waals surface area (Å²) in [7, 11) is -3.48. The molecule has 0 atom stereocenters. The van der Waals surface area contributed by atoms with Crippen molar-refractivity contribution >= 4 is 21.4 Å². The van der Waals surface area contributed by atoms with Gasteiger partial charge in [0.2, 0.25) is 10.0 Å². The molecule has 0 saturated heterocycles. The van der Waals surface area contributed by atoms with E-state index in [4.69, 9.17) is 0 Å². The predicted molar refractivity (Wildman–Crippen MR) is 92.7 cm³/mol. The van der Waals surface area contributed by atoms with Gasteiger partial charge in [-0.3, -0.25) is 14.4 Å². The van der Waals surface area contributed by atoms with Crippen LogP contribution in [0.1, 0.15) is 17.5 Å². The summed E-state index contributed by atoms with van der Waals surface area (Å²) in [5.41, 5.74) is 2.31. The van der Waals surface area contributed by atoms with E-state index in [1.807, 2.05) is 30.3 Å². The van der Waals surface area contributed by atoms with Crippen LogP contribution in [0.3, 0.4) is 0 Å². The van der Waals surface area contributed by atoms with Gasteiger partial charge in [-0.15, -0.1) is 0 Å². The van der Waals surface area contributed by atoms with Crippen LogP contribution in [0, 0.1) is 10.1 Å². The Hall–Kier alpha value is -2.41. The summed E-state index contributed by atoms with van der Waals surface area (Å²) in [6.07, 6.45) is 1.80. The Kier molecular flexibility index (Phi) is 4.53. The van der Waals surface area contributed by atoms with Crippen molar-refractivity contribution < 1.29 is 13.3 Å². The summed E-state index contributed by atoms with van der Waals surface area (Å²) in [6, 6.07) is 14.2. The first kappa shape index (κ1) is 16.4. The fourth-order valence-corrected chi connectivity index (χ4v) is 4.52. The summed E-state index contributed by atoms with van der Waals surface area (Å²) in [5.74, 6) is 0.0318. The SMILES string of the molecule is O=[N+]([O-])c1ccc2c(c1)N(S(=O)(=O)CCCc1ccccc1)CC2. The number of sulfonamides is 1. The van der Waals surface area contributed by atoms with Gasteiger partial charge >= 0.3 is 0 Å². The minimum absolute atomic E-state index is 0.0318. The van der Waals surface area contributed by atoms with Crippen molar-refractivity contribution in [1.29, 1.82) is 0 Å². The van der Waals surface area contributed by atoms with Crippen LogP contribution < -0.4 is 4.31 Å². The molecule has 1 aliphatic heterocycles. The lowest BCUT2D eigenvalue weighted by Crippen LogP contribution is -2.31. The molecule has 0 amide bonds. The molecular formula is C17H18N2O4S. The molecule has 1 heterocycles. The second kappa shape index (κ2) is 6.60. The van der Waals surface area contributed by atoms with Crippen LogP contribution in [0.2, 0.25) is 0 Å². The molecule has 0 bridgehead atoms. The van der Waals surface area contributed by atoms with E-state index in [1.54, 1.807) is 6.07 Å². The molecule has 0 saturated carbocycles. The minimum Gasteiger partial charge on any atom is -0.269 e. The van der Waals surface area contributed by atoms with Gasteiger partial charge in [0, 0.05) is 18.7 Å². The number of nitro groups is 1. The van der Waals surface area contributed by atoms with E-state index in [9.17, 15) is 18.5 Å². The van der Waals surface area contributed by atoms with Gasteiger partial charge in [-0.1, -0.05) is 36.4 Å². The number of nitrogens with zero attached hydrogens (tertiary/aromatic N) is 2. The van der Waals surface area contributed by atoms with E-state index < -0.39 is 14.9 Å². The average Bonchev–Trinajstić information content (AvgIpc) is 2.99. The van der Waals surface area contributed by atoms with Gasteiger partial charge in [-0.2, -0.15) is 0 Å². The summed E-state index contributed by atoms with van der Waals surface area (Å²) < 4.78 is 26.6. The molecule has 0 unspecified atom stereocenters. The zero-order chi connectivity index (χ0) is 17.2.